The maximum Gasteiger partial charge on any atom is 0.257 e. The molecule has 3 aromatic rings. The highest BCUT2D eigenvalue weighted by Crippen LogP contribution is 2.38. The summed E-state index contributed by atoms with van der Waals surface area (Å²) in [5.41, 5.74) is 8.59. The summed E-state index contributed by atoms with van der Waals surface area (Å²) >= 11 is 0. The van der Waals surface area contributed by atoms with E-state index in [1.54, 1.807) is 36.4 Å². The Morgan fingerprint density at radius 1 is 1.10 bits per heavy atom. The Morgan fingerprint density at radius 2 is 1.87 bits per heavy atom. The molecule has 0 spiro atoms. The first kappa shape index (κ1) is 20.6. The molecule has 6 heteroatoms. The Labute approximate surface area is 181 Å². The number of likely N-dealkylation sites (tertiary alicyclic amines) is 1. The van der Waals surface area contributed by atoms with E-state index in [-0.39, 0.29) is 18.4 Å². The number of methoxy groups -OCH3 is 1. The maximum atomic E-state index is 13.2. The number of nitrogens with zero attached hydrogens (tertiary/aromatic N) is 2. The minimum Gasteiger partial charge on any atom is -0.496 e. The van der Waals surface area contributed by atoms with Crippen LogP contribution in [0.2, 0.25) is 0 Å². The number of pyridine rings is 1. The topological polar surface area (TPSA) is 85.5 Å². The van der Waals surface area contributed by atoms with Crippen LogP contribution >= 0.6 is 0 Å². The highest BCUT2D eigenvalue weighted by molar-refractivity contribution is 5.98. The zero-order valence-electron chi connectivity index (χ0n) is 17.5. The molecule has 31 heavy (non-hydrogen) atoms. The molecule has 2 N–H and O–H groups in total. The van der Waals surface area contributed by atoms with Gasteiger partial charge in [0.15, 0.2) is 0 Å². The molecule has 1 aromatic heterocycles. The van der Waals surface area contributed by atoms with Gasteiger partial charge in [0.1, 0.15) is 5.75 Å². The number of ether oxygens (including phenoxy) is 1. The molecular weight excluding hydrogens is 390 g/mol. The van der Waals surface area contributed by atoms with E-state index in [2.05, 4.69) is 4.98 Å². The second kappa shape index (κ2) is 8.60. The molecule has 158 valence electrons. The van der Waals surface area contributed by atoms with Gasteiger partial charge >= 0.3 is 0 Å². The van der Waals surface area contributed by atoms with E-state index in [1.165, 1.54) is 0 Å². The van der Waals surface area contributed by atoms with Crippen molar-refractivity contribution in [1.29, 1.82) is 0 Å². The van der Waals surface area contributed by atoms with Gasteiger partial charge in [0.25, 0.3) is 5.91 Å². The Kier molecular flexibility index (Phi) is 5.71. The van der Waals surface area contributed by atoms with E-state index in [0.717, 1.165) is 16.7 Å². The smallest absolute Gasteiger partial charge is 0.257 e. The van der Waals surface area contributed by atoms with Crippen LogP contribution in [0.25, 0.3) is 11.1 Å². The van der Waals surface area contributed by atoms with Crippen molar-refractivity contribution in [1.82, 2.24) is 9.88 Å². The van der Waals surface area contributed by atoms with E-state index in [4.69, 9.17) is 10.5 Å². The van der Waals surface area contributed by atoms with Gasteiger partial charge in [-0.2, -0.15) is 0 Å². The highest BCUT2D eigenvalue weighted by atomic mass is 16.5. The molecule has 2 aromatic carbocycles. The summed E-state index contributed by atoms with van der Waals surface area (Å²) in [5, 5.41) is 0. The molecule has 4 rings (SSSR count). The largest absolute Gasteiger partial charge is 0.496 e. The van der Waals surface area contributed by atoms with Crippen molar-refractivity contribution in [2.24, 2.45) is 11.1 Å². The molecule has 6 nitrogen and oxygen atoms in total. The summed E-state index contributed by atoms with van der Waals surface area (Å²) in [7, 11) is 1.54. The lowest BCUT2D eigenvalue weighted by Gasteiger charge is -2.27. The summed E-state index contributed by atoms with van der Waals surface area (Å²) in [6, 6.07) is 19.0. The third-order valence-corrected chi connectivity index (χ3v) is 6.02. The average Bonchev–Trinajstić information content (AvgIpc) is 3.25. The van der Waals surface area contributed by atoms with Gasteiger partial charge in [0, 0.05) is 31.0 Å². The molecule has 1 atom stereocenters. The number of hydrogen-bond donors (Lipinski definition) is 1. The summed E-state index contributed by atoms with van der Waals surface area (Å²) in [4.78, 5) is 31.7. The fourth-order valence-electron chi connectivity index (χ4n) is 4.31. The van der Waals surface area contributed by atoms with Gasteiger partial charge in [-0.15, -0.1) is 0 Å². The quantitative estimate of drug-likeness (QED) is 0.669. The Bertz CT molecular complexity index is 1100. The lowest BCUT2D eigenvalue weighted by Crippen LogP contribution is -2.42. The third kappa shape index (κ3) is 4.01. The van der Waals surface area contributed by atoms with E-state index in [0.29, 0.717) is 30.7 Å². The van der Waals surface area contributed by atoms with Crippen molar-refractivity contribution in [3.8, 4) is 16.9 Å². The van der Waals surface area contributed by atoms with E-state index in [9.17, 15) is 9.59 Å². The zero-order chi connectivity index (χ0) is 21.8. The van der Waals surface area contributed by atoms with Gasteiger partial charge in [-0.3, -0.25) is 14.6 Å². The van der Waals surface area contributed by atoms with Crippen molar-refractivity contribution in [2.75, 3.05) is 20.2 Å². The molecule has 0 aliphatic carbocycles. The first-order valence-electron chi connectivity index (χ1n) is 10.2. The molecule has 1 saturated heterocycles. The molecule has 2 heterocycles. The molecule has 1 aliphatic heterocycles. The van der Waals surface area contributed by atoms with Crippen LogP contribution in [-0.4, -0.2) is 41.9 Å². The number of carbonyl (C=O) groups is 2. The normalized spacial score (nSPS) is 18.0. The highest BCUT2D eigenvalue weighted by Gasteiger charge is 2.45. The van der Waals surface area contributed by atoms with Gasteiger partial charge in [-0.1, -0.05) is 42.5 Å². The Balaban J connectivity index is 1.62. The van der Waals surface area contributed by atoms with Gasteiger partial charge in [-0.25, -0.2) is 0 Å². The van der Waals surface area contributed by atoms with Gasteiger partial charge < -0.3 is 15.4 Å². The molecule has 2 amide bonds. The van der Waals surface area contributed by atoms with Crippen molar-refractivity contribution < 1.29 is 14.3 Å². The van der Waals surface area contributed by atoms with Crippen LogP contribution in [0.5, 0.6) is 5.75 Å². The lowest BCUT2D eigenvalue weighted by molar-refractivity contribution is -0.126. The average molecular weight is 415 g/mol. The van der Waals surface area contributed by atoms with Crippen molar-refractivity contribution in [3.05, 3.63) is 84.2 Å². The van der Waals surface area contributed by atoms with Crippen LogP contribution in [0.4, 0.5) is 0 Å². The van der Waals surface area contributed by atoms with E-state index < -0.39 is 5.41 Å². The first-order valence-corrected chi connectivity index (χ1v) is 10.2. The second-order valence-corrected chi connectivity index (χ2v) is 7.90. The molecule has 0 bridgehead atoms. The number of primary amides is 1. The van der Waals surface area contributed by atoms with Gasteiger partial charge in [-0.05, 0) is 42.2 Å². The number of carbonyl (C=O) groups excluding carboxylic acids is 2. The number of nitrogens with two attached hydrogens (primary N) is 1. The molecule has 0 saturated carbocycles. The number of aromatic nitrogens is 1. The van der Waals surface area contributed by atoms with E-state index >= 15 is 0 Å². The predicted octanol–water partition coefficient (Wildman–Crippen LogP) is 3.32. The summed E-state index contributed by atoms with van der Waals surface area (Å²) in [6.07, 6.45) is 4.52. The lowest BCUT2D eigenvalue weighted by atomic mass is 9.78. The fourth-order valence-corrected chi connectivity index (χ4v) is 4.31. The monoisotopic (exact) mass is 415 g/mol. The minimum atomic E-state index is -0.823. The minimum absolute atomic E-state index is 0.152. The molecule has 1 fully saturated rings. The van der Waals surface area contributed by atoms with E-state index in [1.807, 2.05) is 48.7 Å². The Hall–Kier alpha value is -3.67. The molecule has 0 radical (unpaired) electrons. The fraction of sp³-hybridized carbons (Fsp3) is 0.240. The number of para-hydroxylation sites is 1. The van der Waals surface area contributed by atoms with Crippen LogP contribution in [0, 0.1) is 5.41 Å². The summed E-state index contributed by atoms with van der Waals surface area (Å²) in [6.45, 7) is 0.746. The number of hydrogen-bond acceptors (Lipinski definition) is 4. The molecular formula is C25H25N3O3. The maximum absolute atomic E-state index is 13.2. The SMILES string of the molecule is COc1ccccc1C(=O)N1CCC(Cc2ccccc2-c2cccnc2)(C(N)=O)C1. The van der Waals surface area contributed by atoms with Crippen LogP contribution in [0.1, 0.15) is 22.3 Å². The standard InChI is InChI=1S/C25H25N3O3/c1-31-22-11-5-4-10-21(22)23(29)28-14-12-25(17-28,24(26)30)15-18-7-2-3-9-20(18)19-8-6-13-27-16-19/h2-11,13,16H,12,14-15,17H2,1H3,(H2,26,30). The number of benzene rings is 2. The van der Waals surface area contributed by atoms with Gasteiger partial charge in [0.2, 0.25) is 5.91 Å². The van der Waals surface area contributed by atoms with Crippen molar-refractivity contribution in [2.45, 2.75) is 12.8 Å². The van der Waals surface area contributed by atoms with Crippen LogP contribution in [0.15, 0.2) is 73.1 Å². The zero-order valence-corrected chi connectivity index (χ0v) is 17.5. The third-order valence-electron chi connectivity index (χ3n) is 6.02. The number of rotatable bonds is 6. The predicted molar refractivity (Wildman–Crippen MR) is 119 cm³/mol. The molecule has 1 unspecified atom stereocenters. The van der Waals surface area contributed by atoms with Crippen LogP contribution in [0.3, 0.4) is 0 Å². The number of amides is 2. The molecule has 1 aliphatic rings. The van der Waals surface area contributed by atoms with Crippen LogP contribution in [-0.2, 0) is 11.2 Å². The second-order valence-electron chi connectivity index (χ2n) is 7.90. The van der Waals surface area contributed by atoms with Gasteiger partial charge in [0.05, 0.1) is 18.1 Å². The van der Waals surface area contributed by atoms with Crippen molar-refractivity contribution in [3.63, 3.8) is 0 Å². The summed E-state index contributed by atoms with van der Waals surface area (Å²) in [5.74, 6) is -0.0177. The first-order chi connectivity index (χ1) is 15.0. The van der Waals surface area contributed by atoms with Crippen molar-refractivity contribution >= 4 is 11.8 Å². The Morgan fingerprint density at radius 3 is 2.61 bits per heavy atom. The van der Waals surface area contributed by atoms with Crippen LogP contribution < -0.4 is 10.5 Å². The summed E-state index contributed by atoms with van der Waals surface area (Å²) < 4.78 is 5.34.